The van der Waals surface area contributed by atoms with Crippen LogP contribution in [-0.4, -0.2) is 48.6 Å². The zero-order chi connectivity index (χ0) is 19.5. The van der Waals surface area contributed by atoms with Gasteiger partial charge in [0.25, 0.3) is 0 Å². The largest absolute Gasteiger partial charge is 0.361 e. The van der Waals surface area contributed by atoms with Crippen LogP contribution < -0.4 is 0 Å². The number of carbonyl (C=O) groups excluding carboxylic acids is 1. The molecule has 0 spiro atoms. The molecule has 0 aliphatic carbocycles. The third-order valence-corrected chi connectivity index (χ3v) is 5.29. The second-order valence-electron chi connectivity index (χ2n) is 7.34. The Labute approximate surface area is 163 Å². The molecule has 1 saturated heterocycles. The summed E-state index contributed by atoms with van der Waals surface area (Å²) in [5.74, 6) is 1.39. The van der Waals surface area contributed by atoms with Crippen LogP contribution in [0.15, 0.2) is 35.6 Å². The normalized spacial score (nSPS) is 16.6. The lowest BCUT2D eigenvalue weighted by Crippen LogP contribution is -2.29. The predicted octanol–water partition coefficient (Wildman–Crippen LogP) is 2.43. The number of aryl methyl sites for hydroxylation is 3. The van der Waals surface area contributed by atoms with Crippen molar-refractivity contribution in [3.8, 4) is 11.3 Å². The number of rotatable bonds is 6. The minimum Gasteiger partial charge on any atom is -0.361 e. The van der Waals surface area contributed by atoms with Crippen LogP contribution in [0.5, 0.6) is 0 Å². The third-order valence-electron chi connectivity index (χ3n) is 5.29. The van der Waals surface area contributed by atoms with Crippen molar-refractivity contribution in [3.05, 3.63) is 48.3 Å². The Morgan fingerprint density at radius 2 is 2.21 bits per heavy atom. The molecule has 0 bridgehead atoms. The lowest BCUT2D eigenvalue weighted by atomic mass is 10.0. The summed E-state index contributed by atoms with van der Waals surface area (Å²) in [7, 11) is 0. The van der Waals surface area contributed by atoms with Crippen LogP contribution in [-0.2, 0) is 17.8 Å². The first-order chi connectivity index (χ1) is 13.6. The highest BCUT2D eigenvalue weighted by Gasteiger charge is 2.26. The van der Waals surface area contributed by atoms with Crippen LogP contribution in [0.1, 0.15) is 30.0 Å². The first kappa shape index (κ1) is 18.3. The molecule has 0 aromatic carbocycles. The molecule has 28 heavy (non-hydrogen) atoms. The van der Waals surface area contributed by atoms with Crippen molar-refractivity contribution in [2.45, 2.75) is 39.7 Å². The maximum Gasteiger partial charge on any atom is 0.224 e. The van der Waals surface area contributed by atoms with Gasteiger partial charge < -0.3 is 14.0 Å². The van der Waals surface area contributed by atoms with Crippen LogP contribution in [0.2, 0.25) is 0 Å². The quantitative estimate of drug-likeness (QED) is 0.652. The summed E-state index contributed by atoms with van der Waals surface area (Å²) in [5.41, 5.74) is 3.60. The Morgan fingerprint density at radius 3 is 2.96 bits per heavy atom. The van der Waals surface area contributed by atoms with E-state index in [2.05, 4.69) is 20.1 Å². The van der Waals surface area contributed by atoms with Crippen molar-refractivity contribution in [1.82, 2.24) is 29.6 Å². The Balaban J connectivity index is 1.35. The van der Waals surface area contributed by atoms with Crippen molar-refractivity contribution < 1.29 is 9.32 Å². The molecular weight excluding hydrogens is 356 g/mol. The molecule has 0 saturated carbocycles. The monoisotopic (exact) mass is 380 g/mol. The summed E-state index contributed by atoms with van der Waals surface area (Å²) >= 11 is 0. The summed E-state index contributed by atoms with van der Waals surface area (Å²) in [5, 5.41) is 4.01. The van der Waals surface area contributed by atoms with E-state index in [1.165, 1.54) is 0 Å². The SMILES string of the molecule is Cc1noc(C)c1-c1cc(CC2CCN(C(=O)CCn3ccnc3)C2)ncn1. The summed E-state index contributed by atoms with van der Waals surface area (Å²) in [6, 6.07) is 2.01. The van der Waals surface area contributed by atoms with Crippen LogP contribution in [0, 0.1) is 19.8 Å². The number of likely N-dealkylation sites (tertiary alicyclic amines) is 1. The van der Waals surface area contributed by atoms with E-state index in [0.717, 1.165) is 54.3 Å². The van der Waals surface area contributed by atoms with E-state index in [9.17, 15) is 4.79 Å². The molecule has 1 aliphatic rings. The van der Waals surface area contributed by atoms with E-state index >= 15 is 0 Å². The number of aromatic nitrogens is 5. The number of hydrogen-bond donors (Lipinski definition) is 0. The van der Waals surface area contributed by atoms with Gasteiger partial charge in [-0.2, -0.15) is 0 Å². The van der Waals surface area contributed by atoms with Crippen LogP contribution in [0.25, 0.3) is 11.3 Å². The van der Waals surface area contributed by atoms with Crippen molar-refractivity contribution in [2.24, 2.45) is 5.92 Å². The second kappa shape index (κ2) is 7.92. The first-order valence-corrected chi connectivity index (χ1v) is 9.58. The zero-order valence-electron chi connectivity index (χ0n) is 16.2. The fourth-order valence-electron chi connectivity index (χ4n) is 3.82. The number of nitrogens with zero attached hydrogens (tertiary/aromatic N) is 6. The van der Waals surface area contributed by atoms with Gasteiger partial charge in [0.05, 0.1) is 23.3 Å². The third kappa shape index (κ3) is 3.95. The number of amides is 1. The van der Waals surface area contributed by atoms with Crippen LogP contribution >= 0.6 is 0 Å². The van der Waals surface area contributed by atoms with Gasteiger partial charge in [0.15, 0.2) is 0 Å². The van der Waals surface area contributed by atoms with Gasteiger partial charge in [0.1, 0.15) is 12.1 Å². The summed E-state index contributed by atoms with van der Waals surface area (Å²) in [4.78, 5) is 27.3. The minimum atomic E-state index is 0.204. The van der Waals surface area contributed by atoms with Crippen molar-refractivity contribution in [2.75, 3.05) is 13.1 Å². The topological polar surface area (TPSA) is 89.9 Å². The van der Waals surface area contributed by atoms with Gasteiger partial charge in [0, 0.05) is 44.1 Å². The number of carbonyl (C=O) groups is 1. The molecule has 0 radical (unpaired) electrons. The summed E-state index contributed by atoms with van der Waals surface area (Å²) < 4.78 is 7.19. The van der Waals surface area contributed by atoms with Crippen molar-refractivity contribution in [3.63, 3.8) is 0 Å². The number of imidazole rings is 1. The summed E-state index contributed by atoms with van der Waals surface area (Å²) in [6.45, 7) is 6.08. The Bertz CT molecular complexity index is 930. The second-order valence-corrected chi connectivity index (χ2v) is 7.34. The van der Waals surface area contributed by atoms with Gasteiger partial charge >= 0.3 is 0 Å². The molecular formula is C20H24N6O2. The van der Waals surface area contributed by atoms with E-state index in [4.69, 9.17) is 4.52 Å². The molecule has 1 unspecified atom stereocenters. The first-order valence-electron chi connectivity index (χ1n) is 9.58. The Hall–Kier alpha value is -3.03. The molecule has 146 valence electrons. The van der Waals surface area contributed by atoms with Crippen LogP contribution in [0.4, 0.5) is 0 Å². The Morgan fingerprint density at radius 1 is 1.32 bits per heavy atom. The molecule has 8 heteroatoms. The summed E-state index contributed by atoms with van der Waals surface area (Å²) in [6.07, 6.45) is 9.30. The highest BCUT2D eigenvalue weighted by Crippen LogP contribution is 2.26. The van der Waals surface area contributed by atoms with Crippen molar-refractivity contribution in [1.29, 1.82) is 0 Å². The molecule has 1 atom stereocenters. The van der Waals surface area contributed by atoms with Gasteiger partial charge in [-0.05, 0) is 38.7 Å². The molecule has 8 nitrogen and oxygen atoms in total. The van der Waals surface area contributed by atoms with Gasteiger partial charge in [-0.25, -0.2) is 15.0 Å². The average molecular weight is 380 g/mol. The molecule has 3 aromatic heterocycles. The smallest absolute Gasteiger partial charge is 0.224 e. The van der Waals surface area contributed by atoms with E-state index in [1.807, 2.05) is 35.6 Å². The Kier molecular flexibility index (Phi) is 5.18. The average Bonchev–Trinajstić information content (AvgIpc) is 3.42. The van der Waals surface area contributed by atoms with Crippen LogP contribution in [0.3, 0.4) is 0 Å². The lowest BCUT2D eigenvalue weighted by Gasteiger charge is -2.16. The highest BCUT2D eigenvalue weighted by molar-refractivity contribution is 5.76. The molecule has 3 aromatic rings. The molecule has 1 fully saturated rings. The van der Waals surface area contributed by atoms with E-state index < -0.39 is 0 Å². The van der Waals surface area contributed by atoms with E-state index in [1.54, 1.807) is 18.9 Å². The van der Waals surface area contributed by atoms with E-state index in [-0.39, 0.29) is 5.91 Å². The van der Waals surface area contributed by atoms with E-state index in [0.29, 0.717) is 18.9 Å². The molecule has 4 heterocycles. The maximum atomic E-state index is 12.5. The fourth-order valence-corrected chi connectivity index (χ4v) is 3.82. The zero-order valence-corrected chi connectivity index (χ0v) is 16.2. The number of hydrogen-bond acceptors (Lipinski definition) is 6. The highest BCUT2D eigenvalue weighted by atomic mass is 16.5. The maximum absolute atomic E-state index is 12.5. The molecule has 1 amide bonds. The van der Waals surface area contributed by atoms with Gasteiger partial charge in [-0.3, -0.25) is 4.79 Å². The molecule has 4 rings (SSSR count). The lowest BCUT2D eigenvalue weighted by molar-refractivity contribution is -0.130. The molecule has 0 N–H and O–H groups in total. The molecule has 1 aliphatic heterocycles. The van der Waals surface area contributed by atoms with Gasteiger partial charge in [-0.1, -0.05) is 5.16 Å². The predicted molar refractivity (Wildman–Crippen MR) is 102 cm³/mol. The standard InChI is InChI=1S/C20H24N6O2/c1-14-20(15(2)28-24-14)18-10-17(22-12-23-18)9-16-3-7-26(11-16)19(27)4-6-25-8-5-21-13-25/h5,8,10,12-13,16H,3-4,6-7,9,11H2,1-2H3. The van der Waals surface area contributed by atoms with Crippen molar-refractivity contribution >= 4 is 5.91 Å². The van der Waals surface area contributed by atoms with Gasteiger partial charge in [-0.15, -0.1) is 0 Å². The fraction of sp³-hybridized carbons (Fsp3) is 0.450. The minimum absolute atomic E-state index is 0.204. The van der Waals surface area contributed by atoms with Gasteiger partial charge in [0.2, 0.25) is 5.91 Å².